The first kappa shape index (κ1) is 26.2. The minimum Gasteiger partial charge on any atom is -0.384 e. The molecule has 2 aromatic carbocycles. The van der Waals surface area contributed by atoms with Crippen molar-refractivity contribution in [2.75, 3.05) is 18.9 Å². The number of hydrogen-bond acceptors (Lipinski definition) is 5. The minimum atomic E-state index is -0.996. The number of nitrogen functional groups attached to an aromatic ring is 1. The van der Waals surface area contributed by atoms with E-state index < -0.39 is 23.0 Å². The number of hydrogen-bond donors (Lipinski definition) is 2. The molecule has 0 amide bonds. The monoisotopic (exact) mass is 483 g/mol. The number of ketones is 1. The lowest BCUT2D eigenvalue weighted by atomic mass is 10.0. The first-order valence-electron chi connectivity index (χ1n) is 11.4. The van der Waals surface area contributed by atoms with Crippen molar-refractivity contribution < 1.29 is 18.3 Å². The number of nitrogens with two attached hydrogens (primary N) is 1. The zero-order valence-electron chi connectivity index (χ0n) is 20.4. The highest BCUT2D eigenvalue weighted by atomic mass is 19.1. The van der Waals surface area contributed by atoms with Crippen molar-refractivity contribution in [3.05, 3.63) is 93.3 Å². The fourth-order valence-corrected chi connectivity index (χ4v) is 3.54. The molecule has 1 aromatic heterocycles. The van der Waals surface area contributed by atoms with E-state index in [1.165, 1.54) is 16.7 Å². The molecule has 1 atom stereocenters. The third-order valence-electron chi connectivity index (χ3n) is 5.42. The van der Waals surface area contributed by atoms with Gasteiger partial charge in [-0.3, -0.25) is 14.2 Å². The molecule has 0 aliphatic carbocycles. The Labute approximate surface area is 203 Å². The molecule has 3 N–H and O–H groups in total. The lowest BCUT2D eigenvalue weighted by Gasteiger charge is -2.23. The molecule has 0 saturated heterocycles. The molecule has 0 spiro atoms. The summed E-state index contributed by atoms with van der Waals surface area (Å²) in [4.78, 5) is 25.4. The summed E-state index contributed by atoms with van der Waals surface area (Å²) < 4.78 is 34.3. The average molecular weight is 484 g/mol. The fraction of sp³-hybridized carbons (Fsp3) is 0.333. The van der Waals surface area contributed by atoms with Crippen LogP contribution in [0.15, 0.2) is 59.4 Å². The second-order valence-electron chi connectivity index (χ2n) is 9.45. The van der Waals surface area contributed by atoms with Crippen LogP contribution < -0.4 is 16.6 Å². The number of carbonyl (C=O) groups excluding carboxylic acids is 1. The third-order valence-corrected chi connectivity index (χ3v) is 5.42. The maximum Gasteiger partial charge on any atom is 0.256 e. The van der Waals surface area contributed by atoms with Gasteiger partial charge in [0, 0.05) is 18.2 Å². The molecule has 0 fully saturated rings. The number of halogens is 2. The summed E-state index contributed by atoms with van der Waals surface area (Å²) in [5.74, 6) is -2.64. The molecule has 3 aromatic rings. The number of nitrogens with zero attached hydrogens (tertiary/aromatic N) is 1. The lowest BCUT2D eigenvalue weighted by molar-refractivity contribution is -0.0121. The second kappa shape index (κ2) is 10.9. The SMILES string of the molecule is C[C@@H](COC(C)(C)C)NCCc1ccc(-n2c(N)c(C(=O)c3ccc(F)cc3F)ccc2=O)cc1. The van der Waals surface area contributed by atoms with Crippen LogP contribution in [0.1, 0.15) is 49.2 Å². The van der Waals surface area contributed by atoms with Crippen LogP contribution in [0.25, 0.3) is 5.69 Å². The van der Waals surface area contributed by atoms with Crippen molar-refractivity contribution >= 4 is 11.6 Å². The number of ether oxygens (including phenoxy) is 1. The van der Waals surface area contributed by atoms with Crippen LogP contribution in [-0.4, -0.2) is 35.1 Å². The van der Waals surface area contributed by atoms with Gasteiger partial charge in [-0.25, -0.2) is 8.78 Å². The van der Waals surface area contributed by atoms with Crippen molar-refractivity contribution in [3.63, 3.8) is 0 Å². The highest BCUT2D eigenvalue weighted by molar-refractivity contribution is 6.11. The molecule has 0 aliphatic rings. The van der Waals surface area contributed by atoms with E-state index in [4.69, 9.17) is 10.5 Å². The maximum absolute atomic E-state index is 14.1. The molecular formula is C27H31F2N3O3. The molecule has 3 rings (SSSR count). The van der Waals surface area contributed by atoms with Gasteiger partial charge in [-0.05, 0) is 76.6 Å². The summed E-state index contributed by atoms with van der Waals surface area (Å²) in [5, 5.41) is 3.42. The summed E-state index contributed by atoms with van der Waals surface area (Å²) in [5.41, 5.74) is 6.72. The van der Waals surface area contributed by atoms with E-state index in [0.29, 0.717) is 18.4 Å². The molecule has 35 heavy (non-hydrogen) atoms. The standard InChI is InChI=1S/C27H31F2N3O3/c1-17(16-35-27(2,3)4)31-14-13-18-5-8-20(9-6-18)32-24(33)12-11-22(26(32)30)25(34)21-10-7-19(28)15-23(21)29/h5-12,15,17,31H,13-14,16,30H2,1-4H3/t17-/m0/s1. The highest BCUT2D eigenvalue weighted by Gasteiger charge is 2.20. The maximum atomic E-state index is 14.1. The van der Waals surface area contributed by atoms with Crippen LogP contribution >= 0.6 is 0 Å². The Hall–Kier alpha value is -3.36. The van der Waals surface area contributed by atoms with Crippen LogP contribution in [-0.2, 0) is 11.2 Å². The van der Waals surface area contributed by atoms with Crippen LogP contribution in [0.3, 0.4) is 0 Å². The Kier molecular flexibility index (Phi) is 8.19. The molecule has 1 heterocycles. The van der Waals surface area contributed by atoms with Crippen LogP contribution in [0, 0.1) is 11.6 Å². The van der Waals surface area contributed by atoms with Crippen molar-refractivity contribution in [3.8, 4) is 5.69 Å². The second-order valence-corrected chi connectivity index (χ2v) is 9.45. The van der Waals surface area contributed by atoms with Crippen LogP contribution in [0.2, 0.25) is 0 Å². The van der Waals surface area contributed by atoms with Gasteiger partial charge < -0.3 is 15.8 Å². The molecule has 0 radical (unpaired) electrons. The number of nitrogens with one attached hydrogen (secondary N) is 1. The van der Waals surface area contributed by atoms with E-state index in [1.54, 1.807) is 12.1 Å². The zero-order chi connectivity index (χ0) is 25.8. The Morgan fingerprint density at radius 1 is 1.06 bits per heavy atom. The van der Waals surface area contributed by atoms with Gasteiger partial charge >= 0.3 is 0 Å². The molecule has 0 aliphatic heterocycles. The predicted octanol–water partition coefficient (Wildman–Crippen LogP) is 4.26. The topological polar surface area (TPSA) is 86.3 Å². The Morgan fingerprint density at radius 3 is 2.34 bits per heavy atom. The van der Waals surface area contributed by atoms with Gasteiger partial charge in [-0.1, -0.05) is 12.1 Å². The summed E-state index contributed by atoms with van der Waals surface area (Å²) in [7, 11) is 0. The van der Waals surface area contributed by atoms with Crippen LogP contribution in [0.4, 0.5) is 14.6 Å². The molecule has 0 unspecified atom stereocenters. The Balaban J connectivity index is 1.73. The first-order chi connectivity index (χ1) is 16.5. The molecule has 186 valence electrons. The van der Waals surface area contributed by atoms with E-state index >= 15 is 0 Å². The number of pyridine rings is 1. The summed E-state index contributed by atoms with van der Waals surface area (Å²) in [6.45, 7) is 9.49. The minimum absolute atomic E-state index is 0.0464. The lowest BCUT2D eigenvalue weighted by Crippen LogP contribution is -2.35. The zero-order valence-corrected chi connectivity index (χ0v) is 20.4. The van der Waals surface area contributed by atoms with Crippen molar-refractivity contribution in [2.45, 2.75) is 45.8 Å². The van der Waals surface area contributed by atoms with E-state index in [-0.39, 0.29) is 28.6 Å². The van der Waals surface area contributed by atoms with E-state index in [2.05, 4.69) is 12.2 Å². The van der Waals surface area contributed by atoms with Crippen molar-refractivity contribution in [1.82, 2.24) is 9.88 Å². The smallest absolute Gasteiger partial charge is 0.256 e. The molecule has 8 heteroatoms. The number of aromatic nitrogens is 1. The van der Waals surface area contributed by atoms with Gasteiger partial charge in [0.1, 0.15) is 17.5 Å². The Morgan fingerprint density at radius 2 is 1.71 bits per heavy atom. The van der Waals surface area contributed by atoms with Gasteiger partial charge in [0.15, 0.2) is 5.78 Å². The number of anilines is 1. The number of rotatable bonds is 9. The molecule has 0 saturated carbocycles. The van der Waals surface area contributed by atoms with Gasteiger partial charge in [0.2, 0.25) is 0 Å². The van der Waals surface area contributed by atoms with E-state index in [0.717, 1.165) is 30.7 Å². The number of carbonyl (C=O) groups is 1. The average Bonchev–Trinajstić information content (AvgIpc) is 2.78. The van der Waals surface area contributed by atoms with Gasteiger partial charge in [0.05, 0.1) is 29.0 Å². The predicted molar refractivity (Wildman–Crippen MR) is 133 cm³/mol. The summed E-state index contributed by atoms with van der Waals surface area (Å²) in [6.07, 6.45) is 0.771. The van der Waals surface area contributed by atoms with Crippen molar-refractivity contribution in [1.29, 1.82) is 0 Å². The van der Waals surface area contributed by atoms with Crippen molar-refractivity contribution in [2.24, 2.45) is 0 Å². The molecule has 6 nitrogen and oxygen atoms in total. The Bertz CT molecular complexity index is 1250. The summed E-state index contributed by atoms with van der Waals surface area (Å²) in [6, 6.07) is 12.6. The highest BCUT2D eigenvalue weighted by Crippen LogP contribution is 2.21. The van der Waals surface area contributed by atoms with Gasteiger partial charge in [-0.15, -0.1) is 0 Å². The van der Waals surface area contributed by atoms with Gasteiger partial charge in [0.25, 0.3) is 5.56 Å². The molecule has 0 bridgehead atoms. The van der Waals surface area contributed by atoms with E-state index in [1.807, 2.05) is 32.9 Å². The first-order valence-corrected chi connectivity index (χ1v) is 11.4. The van der Waals surface area contributed by atoms with Gasteiger partial charge in [-0.2, -0.15) is 0 Å². The number of benzene rings is 2. The molecular weight excluding hydrogens is 452 g/mol. The normalized spacial score (nSPS) is 12.5. The van der Waals surface area contributed by atoms with E-state index in [9.17, 15) is 18.4 Å². The largest absolute Gasteiger partial charge is 0.384 e. The summed E-state index contributed by atoms with van der Waals surface area (Å²) >= 11 is 0. The quantitative estimate of drug-likeness (QED) is 0.444. The van der Waals surface area contributed by atoms with Crippen LogP contribution in [0.5, 0.6) is 0 Å². The third kappa shape index (κ3) is 6.83. The fourth-order valence-electron chi connectivity index (χ4n) is 3.54.